The normalized spacial score (nSPS) is 11.0. The molecule has 0 saturated heterocycles. The zero-order valence-corrected chi connectivity index (χ0v) is 16.9. The van der Waals surface area contributed by atoms with Crippen molar-refractivity contribution in [2.45, 2.75) is 0 Å². The highest BCUT2D eigenvalue weighted by Gasteiger charge is 2.16. The number of carbonyl (C=O) groups excluding carboxylic acids is 1. The molecule has 2 heterocycles. The van der Waals surface area contributed by atoms with Gasteiger partial charge in [0.25, 0.3) is 11.5 Å². The van der Waals surface area contributed by atoms with Crippen molar-refractivity contribution in [3.63, 3.8) is 0 Å². The van der Waals surface area contributed by atoms with E-state index in [1.54, 1.807) is 36.4 Å². The quantitative estimate of drug-likeness (QED) is 0.455. The van der Waals surface area contributed by atoms with Crippen LogP contribution in [0.25, 0.3) is 33.1 Å². The number of aromatic nitrogens is 3. The highest BCUT2D eigenvalue weighted by Crippen LogP contribution is 2.29. The van der Waals surface area contributed by atoms with Crippen molar-refractivity contribution in [1.29, 1.82) is 0 Å². The molecule has 5 aromatic rings. The molecule has 0 fully saturated rings. The summed E-state index contributed by atoms with van der Waals surface area (Å²) in [6, 6.07) is 23.3. The maximum Gasteiger partial charge on any atom is 0.280 e. The van der Waals surface area contributed by atoms with E-state index in [9.17, 15) is 9.59 Å². The van der Waals surface area contributed by atoms with E-state index in [-0.39, 0.29) is 5.56 Å². The Morgan fingerprint density at radius 1 is 0.871 bits per heavy atom. The average molecular weight is 427 g/mol. The highest BCUT2D eigenvalue weighted by molar-refractivity contribution is 6.33. The lowest BCUT2D eigenvalue weighted by atomic mass is 10.0. The smallest absolute Gasteiger partial charge is 0.267 e. The van der Waals surface area contributed by atoms with Gasteiger partial charge >= 0.3 is 0 Å². The first-order valence-electron chi connectivity index (χ1n) is 9.54. The predicted octanol–water partition coefficient (Wildman–Crippen LogP) is 4.65. The summed E-state index contributed by atoms with van der Waals surface area (Å²) >= 11 is 6.35. The molecule has 0 bridgehead atoms. The number of halogens is 1. The number of pyridine rings is 1. The van der Waals surface area contributed by atoms with E-state index >= 15 is 0 Å². The molecule has 2 aromatic heterocycles. The van der Waals surface area contributed by atoms with Gasteiger partial charge in [0.2, 0.25) is 0 Å². The first-order chi connectivity index (χ1) is 15.1. The van der Waals surface area contributed by atoms with Gasteiger partial charge in [0.05, 0.1) is 27.7 Å². The number of fused-ring (bicyclic) bond motifs is 2. The summed E-state index contributed by atoms with van der Waals surface area (Å²) in [5, 5.41) is 1.62. The van der Waals surface area contributed by atoms with E-state index in [0.29, 0.717) is 43.6 Å². The summed E-state index contributed by atoms with van der Waals surface area (Å²) in [4.78, 5) is 34.9. The Kier molecular flexibility index (Phi) is 4.69. The molecule has 0 aliphatic rings. The Labute approximate surface area is 181 Å². The molecule has 0 atom stereocenters. The molecule has 5 rings (SSSR count). The minimum atomic E-state index is -0.453. The molecular weight excluding hydrogens is 412 g/mol. The van der Waals surface area contributed by atoms with Crippen LogP contribution in [0, 0.1) is 0 Å². The molecular formula is C24H15ClN4O2. The van der Waals surface area contributed by atoms with Crippen LogP contribution in [-0.4, -0.2) is 20.6 Å². The van der Waals surface area contributed by atoms with Crippen molar-refractivity contribution in [2.75, 3.05) is 5.43 Å². The lowest BCUT2D eigenvalue weighted by molar-refractivity contribution is 0.101. The number of nitrogens with zero attached hydrogens (tertiary/aromatic N) is 3. The van der Waals surface area contributed by atoms with Crippen LogP contribution in [0.3, 0.4) is 0 Å². The fourth-order valence-corrected chi connectivity index (χ4v) is 3.72. The van der Waals surface area contributed by atoms with Crippen molar-refractivity contribution in [1.82, 2.24) is 14.6 Å². The minimum absolute atomic E-state index is 0.358. The van der Waals surface area contributed by atoms with E-state index < -0.39 is 5.91 Å². The van der Waals surface area contributed by atoms with Crippen LogP contribution in [0.2, 0.25) is 5.02 Å². The van der Waals surface area contributed by atoms with Crippen molar-refractivity contribution in [3.05, 3.63) is 106 Å². The Morgan fingerprint density at radius 3 is 2.35 bits per heavy atom. The monoisotopic (exact) mass is 426 g/mol. The summed E-state index contributed by atoms with van der Waals surface area (Å²) in [7, 11) is 0. The van der Waals surface area contributed by atoms with Crippen LogP contribution < -0.4 is 11.0 Å². The first-order valence-corrected chi connectivity index (χ1v) is 9.92. The Morgan fingerprint density at radius 2 is 1.55 bits per heavy atom. The molecule has 1 N–H and O–H groups in total. The number of nitrogens with one attached hydrogen (secondary N) is 1. The van der Waals surface area contributed by atoms with Gasteiger partial charge in [0, 0.05) is 16.0 Å². The van der Waals surface area contributed by atoms with Gasteiger partial charge in [-0.05, 0) is 30.3 Å². The molecule has 0 spiro atoms. The van der Waals surface area contributed by atoms with Gasteiger partial charge in [0.1, 0.15) is 6.33 Å². The Balaban J connectivity index is 1.63. The van der Waals surface area contributed by atoms with Crippen LogP contribution >= 0.6 is 11.6 Å². The molecule has 1 amide bonds. The summed E-state index contributed by atoms with van der Waals surface area (Å²) in [6.07, 6.45) is 1.31. The molecule has 0 unspecified atom stereocenters. The van der Waals surface area contributed by atoms with Gasteiger partial charge in [-0.15, -0.1) is 0 Å². The van der Waals surface area contributed by atoms with E-state index in [1.807, 2.05) is 42.5 Å². The van der Waals surface area contributed by atoms with Crippen molar-refractivity contribution < 1.29 is 4.79 Å². The van der Waals surface area contributed by atoms with Crippen LogP contribution in [0.5, 0.6) is 0 Å². The van der Waals surface area contributed by atoms with E-state index in [0.717, 1.165) is 4.68 Å². The predicted molar refractivity (Wildman–Crippen MR) is 122 cm³/mol. The topological polar surface area (TPSA) is 76.9 Å². The highest BCUT2D eigenvalue weighted by atomic mass is 35.5. The van der Waals surface area contributed by atoms with Gasteiger partial charge in [-0.3, -0.25) is 15.0 Å². The lowest BCUT2D eigenvalue weighted by Gasteiger charge is -2.12. The number of benzene rings is 3. The fourth-order valence-electron chi connectivity index (χ4n) is 3.49. The number of hydrogen-bond acceptors (Lipinski definition) is 4. The average Bonchev–Trinajstić information content (AvgIpc) is 2.80. The molecule has 6 nitrogen and oxygen atoms in total. The van der Waals surface area contributed by atoms with Gasteiger partial charge in [0.15, 0.2) is 0 Å². The van der Waals surface area contributed by atoms with Crippen LogP contribution in [0.1, 0.15) is 10.4 Å². The molecule has 150 valence electrons. The second kappa shape index (κ2) is 7.66. The summed E-state index contributed by atoms with van der Waals surface area (Å²) < 4.78 is 1.09. The second-order valence-electron chi connectivity index (χ2n) is 6.93. The van der Waals surface area contributed by atoms with Crippen LogP contribution in [0.4, 0.5) is 0 Å². The molecule has 0 aliphatic carbocycles. The minimum Gasteiger partial charge on any atom is -0.267 e. The number of carbonyl (C=O) groups is 1. The van der Waals surface area contributed by atoms with Crippen molar-refractivity contribution >= 4 is 39.3 Å². The SMILES string of the molecule is O=C(Nn1cnc2ccccc2c1=O)c1cc(-c2ccccc2Cl)nc2ccccc12. The Hall–Kier alpha value is -4.03. The lowest BCUT2D eigenvalue weighted by Crippen LogP contribution is -2.33. The fraction of sp³-hybridized carbons (Fsp3) is 0. The summed E-state index contributed by atoms with van der Waals surface area (Å²) in [5.74, 6) is -0.453. The van der Waals surface area contributed by atoms with E-state index in [2.05, 4.69) is 15.4 Å². The first kappa shape index (κ1) is 19.0. The molecule has 0 radical (unpaired) electrons. The number of para-hydroxylation sites is 2. The van der Waals surface area contributed by atoms with Crippen molar-refractivity contribution in [3.8, 4) is 11.3 Å². The third-order valence-electron chi connectivity index (χ3n) is 5.00. The Bertz CT molecular complexity index is 1530. The van der Waals surface area contributed by atoms with Gasteiger partial charge in [-0.25, -0.2) is 14.6 Å². The summed E-state index contributed by atoms with van der Waals surface area (Å²) in [6.45, 7) is 0. The van der Waals surface area contributed by atoms with E-state index in [1.165, 1.54) is 6.33 Å². The van der Waals surface area contributed by atoms with Crippen LogP contribution in [0.15, 0.2) is 90.0 Å². The third-order valence-corrected chi connectivity index (χ3v) is 5.33. The molecule has 3 aromatic carbocycles. The maximum atomic E-state index is 13.2. The zero-order chi connectivity index (χ0) is 21.4. The molecule has 0 saturated carbocycles. The molecule has 7 heteroatoms. The zero-order valence-electron chi connectivity index (χ0n) is 16.1. The third kappa shape index (κ3) is 3.43. The maximum absolute atomic E-state index is 13.2. The number of amides is 1. The van der Waals surface area contributed by atoms with Crippen LogP contribution in [-0.2, 0) is 0 Å². The van der Waals surface area contributed by atoms with Gasteiger partial charge in [-0.1, -0.05) is 60.1 Å². The van der Waals surface area contributed by atoms with E-state index in [4.69, 9.17) is 11.6 Å². The van der Waals surface area contributed by atoms with Crippen molar-refractivity contribution in [2.24, 2.45) is 0 Å². The largest absolute Gasteiger partial charge is 0.280 e. The number of rotatable bonds is 3. The second-order valence-corrected chi connectivity index (χ2v) is 7.34. The summed E-state index contributed by atoms with van der Waals surface area (Å²) in [5.41, 5.74) is 5.16. The number of hydrogen-bond donors (Lipinski definition) is 1. The molecule has 31 heavy (non-hydrogen) atoms. The standard InChI is InChI=1S/C24H15ClN4O2/c25-19-10-4-1-8-16(19)22-13-18(15-7-2-6-12-21(15)27-22)23(30)28-29-14-26-20-11-5-3-9-17(20)24(29)31/h1-14H,(H,28,30). The van der Waals surface area contributed by atoms with Gasteiger partial charge < -0.3 is 0 Å². The molecule has 0 aliphatic heterocycles. The van der Waals surface area contributed by atoms with Gasteiger partial charge in [-0.2, -0.15) is 0 Å².